The fourth-order valence-corrected chi connectivity index (χ4v) is 2.31. The molecule has 6 nitrogen and oxygen atoms in total. The van der Waals surface area contributed by atoms with Gasteiger partial charge in [0.25, 0.3) is 5.91 Å². The summed E-state index contributed by atoms with van der Waals surface area (Å²) in [6, 6.07) is 6.83. The van der Waals surface area contributed by atoms with Crippen LogP contribution < -0.4 is 10.6 Å². The van der Waals surface area contributed by atoms with E-state index in [9.17, 15) is 4.79 Å². The standard InChI is InChI=1S/C13H13ClN4O2/c14-9-4-1-3-8(7-9)11(19)16-13-18-17-12(20-13)10-5-2-6-15-10/h1,3-4,7,10,15H,2,5-6H2,(H,16,18,19). The van der Waals surface area contributed by atoms with Crippen molar-refractivity contribution in [2.45, 2.75) is 18.9 Å². The Morgan fingerprint density at radius 1 is 1.45 bits per heavy atom. The van der Waals surface area contributed by atoms with Crippen LogP contribution in [0.1, 0.15) is 35.1 Å². The summed E-state index contributed by atoms with van der Waals surface area (Å²) in [7, 11) is 0. The Morgan fingerprint density at radius 3 is 3.10 bits per heavy atom. The Kier molecular flexibility index (Phi) is 3.66. The van der Waals surface area contributed by atoms with E-state index in [4.69, 9.17) is 16.0 Å². The maximum atomic E-state index is 12.0. The minimum atomic E-state index is -0.331. The predicted octanol–water partition coefficient (Wildman–Crippen LogP) is 2.40. The zero-order valence-electron chi connectivity index (χ0n) is 10.6. The molecular formula is C13H13ClN4O2. The highest BCUT2D eigenvalue weighted by Crippen LogP contribution is 2.23. The molecule has 1 saturated heterocycles. The van der Waals surface area contributed by atoms with Crippen molar-refractivity contribution in [2.75, 3.05) is 11.9 Å². The lowest BCUT2D eigenvalue weighted by Gasteiger charge is -2.03. The zero-order valence-corrected chi connectivity index (χ0v) is 11.4. The van der Waals surface area contributed by atoms with Gasteiger partial charge in [-0.3, -0.25) is 10.1 Å². The smallest absolute Gasteiger partial charge is 0.322 e. The number of hydrogen-bond acceptors (Lipinski definition) is 5. The average Bonchev–Trinajstić information content (AvgIpc) is 3.08. The summed E-state index contributed by atoms with van der Waals surface area (Å²) < 4.78 is 5.44. The molecule has 1 aliphatic rings. The van der Waals surface area contributed by atoms with Gasteiger partial charge in [0.05, 0.1) is 6.04 Å². The van der Waals surface area contributed by atoms with Gasteiger partial charge in [-0.1, -0.05) is 22.8 Å². The van der Waals surface area contributed by atoms with Crippen LogP contribution in [-0.2, 0) is 0 Å². The number of hydrogen-bond donors (Lipinski definition) is 2. The lowest BCUT2D eigenvalue weighted by Crippen LogP contribution is -2.13. The Morgan fingerprint density at radius 2 is 2.35 bits per heavy atom. The normalized spacial score (nSPS) is 18.1. The van der Waals surface area contributed by atoms with Crippen molar-refractivity contribution in [2.24, 2.45) is 0 Å². The molecule has 2 N–H and O–H groups in total. The van der Waals surface area contributed by atoms with Crippen LogP contribution in [0.3, 0.4) is 0 Å². The summed E-state index contributed by atoms with van der Waals surface area (Å²) in [4.78, 5) is 12.0. The van der Waals surface area contributed by atoms with E-state index in [1.54, 1.807) is 24.3 Å². The number of carbonyl (C=O) groups is 1. The molecule has 1 amide bonds. The molecule has 1 atom stereocenters. The van der Waals surface area contributed by atoms with Gasteiger partial charge in [0, 0.05) is 10.6 Å². The van der Waals surface area contributed by atoms with Gasteiger partial charge < -0.3 is 9.73 Å². The summed E-state index contributed by atoms with van der Waals surface area (Å²) in [5, 5.41) is 14.1. The third kappa shape index (κ3) is 2.81. The van der Waals surface area contributed by atoms with E-state index in [2.05, 4.69) is 20.8 Å². The molecule has 0 aliphatic carbocycles. The van der Waals surface area contributed by atoms with Gasteiger partial charge in [0.2, 0.25) is 5.89 Å². The topological polar surface area (TPSA) is 80.0 Å². The van der Waals surface area contributed by atoms with Crippen LogP contribution in [0.4, 0.5) is 6.01 Å². The summed E-state index contributed by atoms with van der Waals surface area (Å²) in [5.41, 5.74) is 0.441. The minimum Gasteiger partial charge on any atom is -0.406 e. The molecular weight excluding hydrogens is 280 g/mol. The van der Waals surface area contributed by atoms with Crippen molar-refractivity contribution in [1.29, 1.82) is 0 Å². The number of nitrogens with one attached hydrogen (secondary N) is 2. The highest BCUT2D eigenvalue weighted by molar-refractivity contribution is 6.31. The maximum absolute atomic E-state index is 12.0. The van der Waals surface area contributed by atoms with Crippen molar-refractivity contribution in [3.05, 3.63) is 40.7 Å². The van der Waals surface area contributed by atoms with Crippen molar-refractivity contribution in [3.8, 4) is 0 Å². The first-order valence-electron chi connectivity index (χ1n) is 6.36. The van der Waals surface area contributed by atoms with Crippen LogP contribution in [0.15, 0.2) is 28.7 Å². The molecule has 0 saturated carbocycles. The quantitative estimate of drug-likeness (QED) is 0.908. The summed E-state index contributed by atoms with van der Waals surface area (Å²) in [6.45, 7) is 0.942. The van der Waals surface area contributed by atoms with Crippen LogP contribution in [0, 0.1) is 0 Å². The van der Waals surface area contributed by atoms with Crippen LogP contribution in [0.5, 0.6) is 0 Å². The molecule has 3 rings (SSSR count). The number of carbonyl (C=O) groups excluding carboxylic acids is 1. The first kappa shape index (κ1) is 13.1. The van der Waals surface area contributed by atoms with Crippen molar-refractivity contribution < 1.29 is 9.21 Å². The highest BCUT2D eigenvalue weighted by atomic mass is 35.5. The largest absolute Gasteiger partial charge is 0.406 e. The first-order chi connectivity index (χ1) is 9.72. The Bertz CT molecular complexity index is 622. The third-order valence-electron chi connectivity index (χ3n) is 3.11. The van der Waals surface area contributed by atoms with E-state index in [1.165, 1.54) is 0 Å². The molecule has 0 bridgehead atoms. The highest BCUT2D eigenvalue weighted by Gasteiger charge is 2.22. The van der Waals surface area contributed by atoms with E-state index in [-0.39, 0.29) is 18.0 Å². The second kappa shape index (κ2) is 5.60. The summed E-state index contributed by atoms with van der Waals surface area (Å²) in [5.74, 6) is 0.172. The second-order valence-electron chi connectivity index (χ2n) is 4.56. The molecule has 2 aromatic rings. The minimum absolute atomic E-state index is 0.0827. The van der Waals surface area contributed by atoms with E-state index >= 15 is 0 Å². The fourth-order valence-electron chi connectivity index (χ4n) is 2.12. The van der Waals surface area contributed by atoms with E-state index in [0.717, 1.165) is 19.4 Å². The molecule has 1 aliphatic heterocycles. The Hall–Kier alpha value is -1.92. The van der Waals surface area contributed by atoms with Gasteiger partial charge in [0.1, 0.15) is 0 Å². The second-order valence-corrected chi connectivity index (χ2v) is 5.00. The van der Waals surface area contributed by atoms with Crippen LogP contribution >= 0.6 is 11.6 Å². The molecule has 1 aromatic carbocycles. The number of anilines is 1. The molecule has 0 spiro atoms. The van der Waals surface area contributed by atoms with Gasteiger partial charge in [-0.05, 0) is 37.6 Å². The molecule has 1 fully saturated rings. The fraction of sp³-hybridized carbons (Fsp3) is 0.308. The Balaban J connectivity index is 1.70. The number of aromatic nitrogens is 2. The van der Waals surface area contributed by atoms with Gasteiger partial charge in [0.15, 0.2) is 0 Å². The van der Waals surface area contributed by atoms with E-state index in [1.807, 2.05) is 0 Å². The number of rotatable bonds is 3. The number of benzene rings is 1. The Labute approximate surface area is 120 Å². The molecule has 104 valence electrons. The lowest BCUT2D eigenvalue weighted by molar-refractivity contribution is 0.102. The maximum Gasteiger partial charge on any atom is 0.322 e. The average molecular weight is 293 g/mol. The molecule has 20 heavy (non-hydrogen) atoms. The number of nitrogens with zero attached hydrogens (tertiary/aromatic N) is 2. The lowest BCUT2D eigenvalue weighted by atomic mass is 10.2. The number of amides is 1. The van der Waals surface area contributed by atoms with Gasteiger partial charge in [-0.15, -0.1) is 5.10 Å². The monoisotopic (exact) mass is 292 g/mol. The SMILES string of the molecule is O=C(Nc1nnc(C2CCCN2)o1)c1cccc(Cl)c1. The molecule has 1 aromatic heterocycles. The molecule has 0 radical (unpaired) electrons. The van der Waals surface area contributed by atoms with E-state index < -0.39 is 0 Å². The third-order valence-corrected chi connectivity index (χ3v) is 3.34. The van der Waals surface area contributed by atoms with Gasteiger partial charge in [-0.25, -0.2) is 0 Å². The predicted molar refractivity (Wildman–Crippen MR) is 73.7 cm³/mol. The zero-order chi connectivity index (χ0) is 13.9. The molecule has 7 heteroatoms. The number of halogens is 1. The molecule has 1 unspecified atom stereocenters. The van der Waals surface area contributed by atoms with Crippen LogP contribution in [0.25, 0.3) is 0 Å². The summed E-state index contributed by atoms with van der Waals surface area (Å²) >= 11 is 5.84. The van der Waals surface area contributed by atoms with Crippen LogP contribution in [0.2, 0.25) is 5.02 Å². The van der Waals surface area contributed by atoms with Gasteiger partial charge >= 0.3 is 6.01 Å². The van der Waals surface area contributed by atoms with Crippen molar-refractivity contribution in [3.63, 3.8) is 0 Å². The van der Waals surface area contributed by atoms with Gasteiger partial charge in [-0.2, -0.15) is 0 Å². The van der Waals surface area contributed by atoms with E-state index in [0.29, 0.717) is 16.5 Å². The molecule has 2 heterocycles. The van der Waals surface area contributed by atoms with Crippen LogP contribution in [-0.4, -0.2) is 22.6 Å². The summed E-state index contributed by atoms with van der Waals surface area (Å²) in [6.07, 6.45) is 2.04. The first-order valence-corrected chi connectivity index (χ1v) is 6.74. The van der Waals surface area contributed by atoms with Crippen molar-refractivity contribution >= 4 is 23.5 Å². The van der Waals surface area contributed by atoms with Crippen molar-refractivity contribution in [1.82, 2.24) is 15.5 Å².